The van der Waals surface area contributed by atoms with Crippen molar-refractivity contribution >= 4 is 23.5 Å². The summed E-state index contributed by atoms with van der Waals surface area (Å²) in [7, 11) is 0. The van der Waals surface area contributed by atoms with E-state index in [-0.39, 0.29) is 11.3 Å². The number of carbonyl (C=O) groups excluding carboxylic acids is 1. The van der Waals surface area contributed by atoms with Gasteiger partial charge in [0.05, 0.1) is 11.4 Å². The Morgan fingerprint density at radius 2 is 1.85 bits per heavy atom. The molecule has 0 radical (unpaired) electrons. The summed E-state index contributed by atoms with van der Waals surface area (Å²) in [5.74, 6) is 1.57. The van der Waals surface area contributed by atoms with Crippen LogP contribution in [0.1, 0.15) is 26.5 Å². The van der Waals surface area contributed by atoms with Gasteiger partial charge in [-0.3, -0.25) is 4.79 Å². The van der Waals surface area contributed by atoms with Crippen LogP contribution in [0.15, 0.2) is 65.7 Å². The molecule has 0 atom stereocenters. The van der Waals surface area contributed by atoms with Gasteiger partial charge in [0.15, 0.2) is 5.82 Å². The van der Waals surface area contributed by atoms with Crippen LogP contribution in [0.4, 0.5) is 5.82 Å². The highest BCUT2D eigenvalue weighted by atomic mass is 32.2. The molecule has 0 aliphatic heterocycles. The molecule has 1 aromatic carbocycles. The van der Waals surface area contributed by atoms with E-state index in [4.69, 9.17) is 0 Å². The van der Waals surface area contributed by atoms with Crippen LogP contribution in [0.2, 0.25) is 0 Å². The van der Waals surface area contributed by atoms with E-state index in [1.807, 2.05) is 54.6 Å². The van der Waals surface area contributed by atoms with Crippen molar-refractivity contribution in [3.05, 3.63) is 66.5 Å². The standard InChI is InChI=1S/C20H22N4OS/c1-20(2,3)16-13-18(24(23-16)17-11-7-8-12-21-17)22-19(25)14-26-15-9-5-4-6-10-15/h4-13H,14H2,1-3H3,(H,22,25). The second-order valence-electron chi connectivity index (χ2n) is 6.91. The molecule has 26 heavy (non-hydrogen) atoms. The molecule has 1 amide bonds. The van der Waals surface area contributed by atoms with Crippen molar-refractivity contribution in [2.75, 3.05) is 11.1 Å². The molecule has 0 saturated carbocycles. The monoisotopic (exact) mass is 366 g/mol. The zero-order valence-electron chi connectivity index (χ0n) is 15.1. The van der Waals surface area contributed by atoms with E-state index in [9.17, 15) is 4.79 Å². The van der Waals surface area contributed by atoms with Crippen LogP contribution in [0.25, 0.3) is 5.82 Å². The zero-order valence-corrected chi connectivity index (χ0v) is 16.0. The lowest BCUT2D eigenvalue weighted by Gasteiger charge is -2.13. The first-order valence-corrected chi connectivity index (χ1v) is 9.42. The van der Waals surface area contributed by atoms with Crippen LogP contribution in [0.3, 0.4) is 0 Å². The normalized spacial score (nSPS) is 11.3. The first-order chi connectivity index (χ1) is 12.4. The van der Waals surface area contributed by atoms with Gasteiger partial charge in [-0.2, -0.15) is 9.78 Å². The Morgan fingerprint density at radius 3 is 2.50 bits per heavy atom. The second-order valence-corrected chi connectivity index (χ2v) is 7.96. The minimum Gasteiger partial charge on any atom is -0.310 e. The quantitative estimate of drug-likeness (QED) is 0.684. The first kappa shape index (κ1) is 18.2. The van der Waals surface area contributed by atoms with E-state index in [0.717, 1.165) is 10.6 Å². The largest absolute Gasteiger partial charge is 0.310 e. The molecule has 6 heteroatoms. The van der Waals surface area contributed by atoms with Crippen molar-refractivity contribution in [1.29, 1.82) is 0 Å². The Hall–Kier alpha value is -2.60. The van der Waals surface area contributed by atoms with E-state index < -0.39 is 0 Å². The van der Waals surface area contributed by atoms with Gasteiger partial charge in [-0.15, -0.1) is 11.8 Å². The van der Waals surface area contributed by atoms with Gasteiger partial charge in [0.25, 0.3) is 0 Å². The number of hydrogen-bond acceptors (Lipinski definition) is 4. The fourth-order valence-corrected chi connectivity index (χ4v) is 3.05. The first-order valence-electron chi connectivity index (χ1n) is 8.43. The summed E-state index contributed by atoms with van der Waals surface area (Å²) in [6.45, 7) is 6.28. The van der Waals surface area contributed by atoms with Crippen LogP contribution in [0.5, 0.6) is 0 Å². The van der Waals surface area contributed by atoms with E-state index >= 15 is 0 Å². The summed E-state index contributed by atoms with van der Waals surface area (Å²) in [6, 6.07) is 17.4. The van der Waals surface area contributed by atoms with Gasteiger partial charge in [-0.25, -0.2) is 4.98 Å². The second kappa shape index (κ2) is 7.74. The molecule has 2 aromatic heterocycles. The molecule has 0 unspecified atom stereocenters. The highest BCUT2D eigenvalue weighted by molar-refractivity contribution is 8.00. The smallest absolute Gasteiger partial charge is 0.235 e. The zero-order chi connectivity index (χ0) is 18.6. The number of pyridine rings is 1. The summed E-state index contributed by atoms with van der Waals surface area (Å²) in [6.07, 6.45) is 1.71. The third-order valence-electron chi connectivity index (χ3n) is 3.72. The average molecular weight is 366 g/mol. The maximum Gasteiger partial charge on any atom is 0.235 e. The third-order valence-corrected chi connectivity index (χ3v) is 4.74. The van der Waals surface area contributed by atoms with Crippen molar-refractivity contribution in [3.8, 4) is 5.82 Å². The van der Waals surface area contributed by atoms with Gasteiger partial charge in [-0.05, 0) is 24.3 Å². The van der Waals surface area contributed by atoms with E-state index in [0.29, 0.717) is 17.4 Å². The minimum atomic E-state index is -0.127. The number of thioether (sulfide) groups is 1. The molecule has 3 aromatic rings. The average Bonchev–Trinajstić information content (AvgIpc) is 3.06. The number of nitrogens with one attached hydrogen (secondary N) is 1. The molecule has 0 aliphatic rings. The van der Waals surface area contributed by atoms with Crippen LogP contribution in [-0.4, -0.2) is 26.4 Å². The Morgan fingerprint density at radius 1 is 1.12 bits per heavy atom. The number of nitrogens with zero attached hydrogens (tertiary/aromatic N) is 3. The fourth-order valence-electron chi connectivity index (χ4n) is 2.33. The lowest BCUT2D eigenvalue weighted by molar-refractivity contribution is -0.113. The summed E-state index contributed by atoms with van der Waals surface area (Å²) in [4.78, 5) is 17.9. The molecule has 2 heterocycles. The summed E-state index contributed by atoms with van der Waals surface area (Å²) >= 11 is 1.50. The molecule has 1 N–H and O–H groups in total. The van der Waals surface area contributed by atoms with Crippen molar-refractivity contribution in [1.82, 2.24) is 14.8 Å². The van der Waals surface area contributed by atoms with Crippen LogP contribution < -0.4 is 5.32 Å². The highest BCUT2D eigenvalue weighted by Crippen LogP contribution is 2.26. The molecule has 0 aliphatic carbocycles. The number of carbonyl (C=O) groups is 1. The highest BCUT2D eigenvalue weighted by Gasteiger charge is 2.21. The van der Waals surface area contributed by atoms with Crippen molar-refractivity contribution < 1.29 is 4.79 Å². The Balaban J connectivity index is 1.79. The number of hydrogen-bond donors (Lipinski definition) is 1. The van der Waals surface area contributed by atoms with Gasteiger partial charge in [0.1, 0.15) is 5.82 Å². The van der Waals surface area contributed by atoms with Crippen LogP contribution >= 0.6 is 11.8 Å². The number of aromatic nitrogens is 3. The molecular weight excluding hydrogens is 344 g/mol. The molecule has 0 bridgehead atoms. The van der Waals surface area contributed by atoms with Crippen molar-refractivity contribution in [3.63, 3.8) is 0 Å². The molecule has 134 valence electrons. The lowest BCUT2D eigenvalue weighted by Crippen LogP contribution is -2.17. The molecule has 3 rings (SSSR count). The van der Waals surface area contributed by atoms with Gasteiger partial charge < -0.3 is 5.32 Å². The maximum absolute atomic E-state index is 12.4. The Labute approximate surface area is 157 Å². The molecule has 5 nitrogen and oxygen atoms in total. The topological polar surface area (TPSA) is 59.8 Å². The number of benzene rings is 1. The molecule has 0 fully saturated rings. The predicted octanol–water partition coefficient (Wildman–Crippen LogP) is 4.30. The third kappa shape index (κ3) is 4.52. The number of rotatable bonds is 5. The summed E-state index contributed by atoms with van der Waals surface area (Å²) in [5, 5.41) is 7.63. The van der Waals surface area contributed by atoms with Crippen molar-refractivity contribution in [2.45, 2.75) is 31.1 Å². The minimum absolute atomic E-state index is 0.0728. The van der Waals surface area contributed by atoms with E-state index in [2.05, 4.69) is 36.2 Å². The number of anilines is 1. The van der Waals surface area contributed by atoms with E-state index in [1.165, 1.54) is 11.8 Å². The summed E-state index contributed by atoms with van der Waals surface area (Å²) < 4.78 is 1.69. The van der Waals surface area contributed by atoms with Crippen molar-refractivity contribution in [2.24, 2.45) is 0 Å². The Kier molecular flexibility index (Phi) is 5.42. The predicted molar refractivity (Wildman–Crippen MR) is 106 cm³/mol. The Bertz CT molecular complexity index is 870. The lowest BCUT2D eigenvalue weighted by atomic mass is 9.92. The van der Waals surface area contributed by atoms with Crippen LogP contribution in [-0.2, 0) is 10.2 Å². The fraction of sp³-hybridized carbons (Fsp3) is 0.250. The van der Waals surface area contributed by atoms with Gasteiger partial charge in [-0.1, -0.05) is 45.0 Å². The SMILES string of the molecule is CC(C)(C)c1cc(NC(=O)CSc2ccccc2)n(-c2ccccn2)n1. The van der Waals surface area contributed by atoms with Gasteiger partial charge in [0.2, 0.25) is 5.91 Å². The molecule has 0 saturated heterocycles. The maximum atomic E-state index is 12.4. The molecule has 0 spiro atoms. The number of amides is 1. The van der Waals surface area contributed by atoms with Gasteiger partial charge in [0, 0.05) is 22.6 Å². The van der Waals surface area contributed by atoms with E-state index in [1.54, 1.807) is 10.9 Å². The van der Waals surface area contributed by atoms with Crippen LogP contribution in [0, 0.1) is 0 Å². The van der Waals surface area contributed by atoms with Gasteiger partial charge >= 0.3 is 0 Å². The molecular formula is C20H22N4OS. The summed E-state index contributed by atoms with van der Waals surface area (Å²) in [5.41, 5.74) is 0.771.